The van der Waals surface area contributed by atoms with Gasteiger partial charge in [-0.3, -0.25) is 14.6 Å². The van der Waals surface area contributed by atoms with Crippen molar-refractivity contribution in [2.45, 2.75) is 26.3 Å². The van der Waals surface area contributed by atoms with Gasteiger partial charge in [-0.05, 0) is 20.8 Å². The van der Waals surface area contributed by atoms with E-state index in [0.717, 1.165) is 0 Å². The molecule has 1 amide bonds. The highest BCUT2D eigenvalue weighted by molar-refractivity contribution is 5.79. The zero-order valence-electron chi connectivity index (χ0n) is 12.0. The first-order valence-electron chi connectivity index (χ1n) is 6.18. The number of hydrogen-bond donors (Lipinski definition) is 2. The number of hydrogen-bond acceptors (Lipinski definition) is 5. The Kier molecular flexibility index (Phi) is 3.24. The molecule has 2 aromatic rings. The van der Waals surface area contributed by atoms with Gasteiger partial charge in [-0.2, -0.15) is 10.1 Å². The predicted molar refractivity (Wildman–Crippen MR) is 75.6 cm³/mol. The third-order valence-electron chi connectivity index (χ3n) is 2.82. The van der Waals surface area contributed by atoms with Crippen LogP contribution in [-0.4, -0.2) is 39.2 Å². The maximum absolute atomic E-state index is 12.0. The zero-order chi connectivity index (χ0) is 15.1. The van der Waals surface area contributed by atoms with Crippen molar-refractivity contribution in [2.75, 3.05) is 18.5 Å². The minimum Gasteiger partial charge on any atom is -0.368 e. The van der Waals surface area contributed by atoms with Gasteiger partial charge in [-0.15, -0.1) is 0 Å². The fourth-order valence-electron chi connectivity index (χ4n) is 1.89. The number of nitrogens with one attached hydrogen (secondary N) is 1. The molecule has 2 rings (SSSR count). The number of amides is 1. The SMILES string of the molecule is CN(CC(N)=O)c1nc2c(cnn2C(C)(C)C)c(=O)[nH]1. The summed E-state index contributed by atoms with van der Waals surface area (Å²) in [5, 5.41) is 4.63. The van der Waals surface area contributed by atoms with Crippen molar-refractivity contribution in [3.63, 3.8) is 0 Å². The Balaban J connectivity index is 2.60. The molecule has 0 saturated carbocycles. The van der Waals surface area contributed by atoms with Gasteiger partial charge in [-0.25, -0.2) is 4.68 Å². The van der Waals surface area contributed by atoms with E-state index in [4.69, 9.17) is 5.73 Å². The lowest BCUT2D eigenvalue weighted by atomic mass is 10.1. The van der Waals surface area contributed by atoms with Crippen molar-refractivity contribution in [2.24, 2.45) is 5.73 Å². The lowest BCUT2D eigenvalue weighted by molar-refractivity contribution is -0.116. The van der Waals surface area contributed by atoms with Crippen molar-refractivity contribution < 1.29 is 4.79 Å². The molecule has 0 atom stereocenters. The van der Waals surface area contributed by atoms with Crippen LogP contribution in [0, 0.1) is 0 Å². The van der Waals surface area contributed by atoms with E-state index in [-0.39, 0.29) is 23.6 Å². The van der Waals surface area contributed by atoms with Crippen molar-refractivity contribution in [3.05, 3.63) is 16.6 Å². The van der Waals surface area contributed by atoms with Crippen LogP contribution >= 0.6 is 0 Å². The van der Waals surface area contributed by atoms with E-state index < -0.39 is 5.91 Å². The molecule has 0 aromatic carbocycles. The zero-order valence-corrected chi connectivity index (χ0v) is 12.0. The minimum atomic E-state index is -0.500. The number of nitrogens with two attached hydrogens (primary N) is 1. The largest absolute Gasteiger partial charge is 0.368 e. The maximum Gasteiger partial charge on any atom is 0.263 e. The van der Waals surface area contributed by atoms with Crippen LogP contribution in [0.2, 0.25) is 0 Å². The van der Waals surface area contributed by atoms with Crippen molar-refractivity contribution in [3.8, 4) is 0 Å². The number of primary amides is 1. The van der Waals surface area contributed by atoms with Crippen LogP contribution in [0.1, 0.15) is 20.8 Å². The molecule has 108 valence electrons. The Morgan fingerprint density at radius 3 is 2.70 bits per heavy atom. The molecule has 0 fully saturated rings. The van der Waals surface area contributed by atoms with Gasteiger partial charge in [0.2, 0.25) is 11.9 Å². The molecular weight excluding hydrogens is 260 g/mol. The predicted octanol–water partition coefficient (Wildman–Crippen LogP) is -0.204. The van der Waals surface area contributed by atoms with Crippen LogP contribution in [0.25, 0.3) is 11.0 Å². The summed E-state index contributed by atoms with van der Waals surface area (Å²) in [6.45, 7) is 5.87. The summed E-state index contributed by atoms with van der Waals surface area (Å²) in [7, 11) is 1.63. The van der Waals surface area contributed by atoms with Crippen LogP contribution in [-0.2, 0) is 10.3 Å². The first-order chi connectivity index (χ1) is 9.20. The molecule has 0 bridgehead atoms. The highest BCUT2D eigenvalue weighted by atomic mass is 16.1. The number of likely N-dealkylation sites (N-methyl/N-ethyl adjacent to an activating group) is 1. The average Bonchev–Trinajstić information content (AvgIpc) is 2.71. The number of rotatable bonds is 3. The molecule has 8 heteroatoms. The van der Waals surface area contributed by atoms with E-state index in [9.17, 15) is 9.59 Å². The number of fused-ring (bicyclic) bond motifs is 1. The fourth-order valence-corrected chi connectivity index (χ4v) is 1.89. The average molecular weight is 278 g/mol. The lowest BCUT2D eigenvalue weighted by Gasteiger charge is -2.20. The van der Waals surface area contributed by atoms with Crippen molar-refractivity contribution in [1.82, 2.24) is 19.7 Å². The van der Waals surface area contributed by atoms with Gasteiger partial charge in [0.05, 0.1) is 18.3 Å². The summed E-state index contributed by atoms with van der Waals surface area (Å²) in [4.78, 5) is 31.5. The Bertz CT molecular complexity index is 709. The second-order valence-corrected chi connectivity index (χ2v) is 5.68. The molecule has 0 saturated heterocycles. The number of aromatic amines is 1. The highest BCUT2D eigenvalue weighted by Gasteiger charge is 2.20. The van der Waals surface area contributed by atoms with E-state index in [1.807, 2.05) is 20.8 Å². The molecule has 0 unspecified atom stereocenters. The topological polar surface area (TPSA) is 110 Å². The quantitative estimate of drug-likeness (QED) is 0.807. The second-order valence-electron chi connectivity index (χ2n) is 5.68. The Morgan fingerprint density at radius 1 is 1.50 bits per heavy atom. The standard InChI is InChI=1S/C12H18N6O2/c1-12(2,3)18-9-7(5-14-18)10(20)16-11(15-9)17(4)6-8(13)19/h5H,6H2,1-4H3,(H2,13,19)(H,15,16,20). The Morgan fingerprint density at radius 2 is 2.15 bits per heavy atom. The molecule has 8 nitrogen and oxygen atoms in total. The van der Waals surface area contributed by atoms with E-state index in [1.54, 1.807) is 11.7 Å². The summed E-state index contributed by atoms with van der Waals surface area (Å²) in [6.07, 6.45) is 1.49. The van der Waals surface area contributed by atoms with Crippen molar-refractivity contribution >= 4 is 22.9 Å². The number of nitrogens with zero attached hydrogens (tertiary/aromatic N) is 4. The smallest absolute Gasteiger partial charge is 0.263 e. The van der Waals surface area contributed by atoms with Crippen LogP contribution in [0.5, 0.6) is 0 Å². The van der Waals surface area contributed by atoms with Gasteiger partial charge in [0.1, 0.15) is 5.39 Å². The summed E-state index contributed by atoms with van der Waals surface area (Å²) in [5.41, 5.74) is 5.02. The summed E-state index contributed by atoms with van der Waals surface area (Å²) in [5.74, 6) is -0.216. The van der Waals surface area contributed by atoms with Gasteiger partial charge in [0.25, 0.3) is 5.56 Å². The molecule has 2 heterocycles. The third-order valence-corrected chi connectivity index (χ3v) is 2.82. The number of carbonyl (C=O) groups is 1. The maximum atomic E-state index is 12.0. The lowest BCUT2D eigenvalue weighted by Crippen LogP contribution is -2.33. The van der Waals surface area contributed by atoms with Crippen LogP contribution in [0.4, 0.5) is 5.95 Å². The minimum absolute atomic E-state index is 0.0297. The molecule has 20 heavy (non-hydrogen) atoms. The number of carbonyl (C=O) groups excluding carboxylic acids is 1. The summed E-state index contributed by atoms with van der Waals surface area (Å²) in [6, 6.07) is 0. The highest BCUT2D eigenvalue weighted by Crippen LogP contribution is 2.19. The summed E-state index contributed by atoms with van der Waals surface area (Å²) < 4.78 is 1.68. The Hall–Kier alpha value is -2.38. The first kappa shape index (κ1) is 14.0. The number of aromatic nitrogens is 4. The number of anilines is 1. The monoisotopic (exact) mass is 278 g/mol. The van der Waals surface area contributed by atoms with Crippen molar-refractivity contribution in [1.29, 1.82) is 0 Å². The van der Waals surface area contributed by atoms with Crippen LogP contribution in [0.15, 0.2) is 11.0 Å². The molecule has 3 N–H and O–H groups in total. The molecule has 0 aliphatic rings. The first-order valence-corrected chi connectivity index (χ1v) is 6.18. The van der Waals surface area contributed by atoms with Gasteiger partial charge < -0.3 is 10.6 Å². The van der Waals surface area contributed by atoms with Gasteiger partial charge >= 0.3 is 0 Å². The Labute approximate surface area is 115 Å². The fraction of sp³-hybridized carbons (Fsp3) is 0.500. The molecular formula is C12H18N6O2. The van der Waals surface area contributed by atoms with E-state index in [1.165, 1.54) is 11.1 Å². The van der Waals surface area contributed by atoms with Gasteiger partial charge in [0, 0.05) is 7.05 Å². The normalized spacial score (nSPS) is 11.8. The molecule has 0 aliphatic carbocycles. The molecule has 2 aromatic heterocycles. The van der Waals surface area contributed by atoms with E-state index in [2.05, 4.69) is 15.1 Å². The second kappa shape index (κ2) is 4.62. The van der Waals surface area contributed by atoms with Gasteiger partial charge in [-0.1, -0.05) is 0 Å². The van der Waals surface area contributed by atoms with Crippen LogP contribution in [0.3, 0.4) is 0 Å². The van der Waals surface area contributed by atoms with Crippen LogP contribution < -0.4 is 16.2 Å². The van der Waals surface area contributed by atoms with E-state index in [0.29, 0.717) is 11.0 Å². The third kappa shape index (κ3) is 2.49. The van der Waals surface area contributed by atoms with E-state index >= 15 is 0 Å². The molecule has 0 aliphatic heterocycles. The summed E-state index contributed by atoms with van der Waals surface area (Å²) >= 11 is 0. The van der Waals surface area contributed by atoms with Gasteiger partial charge in [0.15, 0.2) is 5.65 Å². The number of H-pyrrole nitrogens is 1. The molecule has 0 radical (unpaired) electrons. The molecule has 0 spiro atoms.